The van der Waals surface area contributed by atoms with Gasteiger partial charge in [0.1, 0.15) is 5.82 Å². The summed E-state index contributed by atoms with van der Waals surface area (Å²) in [6.45, 7) is 3.17. The topological polar surface area (TPSA) is 93.0 Å². The number of carbonyl (C=O) groups is 2. The summed E-state index contributed by atoms with van der Waals surface area (Å²) in [4.78, 5) is 26.1. The number of anilines is 2. The van der Waals surface area contributed by atoms with Crippen molar-refractivity contribution in [3.63, 3.8) is 0 Å². The third kappa shape index (κ3) is 4.23. The molecule has 12 heteroatoms. The molecule has 0 saturated heterocycles. The van der Waals surface area contributed by atoms with Crippen LogP contribution in [0.2, 0.25) is 0 Å². The Hall–Kier alpha value is -4.87. The molecular formula is C31H26F4N6O2. The number of rotatable bonds is 4. The Morgan fingerprint density at radius 3 is 2.65 bits per heavy atom. The molecule has 220 valence electrons. The zero-order valence-electron chi connectivity index (χ0n) is 23.2. The number of aryl methyl sites for hydroxylation is 4. The van der Waals surface area contributed by atoms with Gasteiger partial charge in [-0.25, -0.2) is 9.18 Å². The van der Waals surface area contributed by atoms with Crippen LogP contribution in [0.4, 0.5) is 33.7 Å². The van der Waals surface area contributed by atoms with Crippen molar-refractivity contribution in [3.8, 4) is 11.1 Å². The number of alkyl halides is 3. The van der Waals surface area contributed by atoms with E-state index in [0.717, 1.165) is 81.3 Å². The molecule has 0 saturated carbocycles. The molecule has 43 heavy (non-hydrogen) atoms. The number of benzene rings is 3. The fourth-order valence-corrected chi connectivity index (χ4v) is 6.59. The van der Waals surface area contributed by atoms with Gasteiger partial charge in [0.25, 0.3) is 5.91 Å². The summed E-state index contributed by atoms with van der Waals surface area (Å²) in [5.41, 5.74) is 5.92. The molecule has 3 heterocycles. The number of nitrogens with zero attached hydrogens (tertiary/aromatic N) is 3. The van der Waals surface area contributed by atoms with Crippen molar-refractivity contribution in [1.82, 2.24) is 19.7 Å². The number of hydrogen-bond acceptors (Lipinski definition) is 3. The van der Waals surface area contributed by atoms with Crippen molar-refractivity contribution in [1.29, 1.82) is 0 Å². The van der Waals surface area contributed by atoms with E-state index in [0.29, 0.717) is 30.3 Å². The van der Waals surface area contributed by atoms with Crippen molar-refractivity contribution < 1.29 is 27.2 Å². The van der Waals surface area contributed by atoms with E-state index >= 15 is 0 Å². The second kappa shape index (κ2) is 9.58. The first kappa shape index (κ1) is 27.0. The fraction of sp³-hybridized carbons (Fsp3) is 0.258. The van der Waals surface area contributed by atoms with Gasteiger partial charge in [0.2, 0.25) is 0 Å². The van der Waals surface area contributed by atoms with Crippen LogP contribution in [0, 0.1) is 5.82 Å². The molecule has 2 aromatic heterocycles. The minimum atomic E-state index is -4.85. The highest BCUT2D eigenvalue weighted by Gasteiger charge is 2.36. The van der Waals surface area contributed by atoms with Crippen LogP contribution in [0.3, 0.4) is 0 Å². The van der Waals surface area contributed by atoms with Gasteiger partial charge in [0.15, 0.2) is 0 Å². The van der Waals surface area contributed by atoms with Crippen molar-refractivity contribution in [2.24, 2.45) is 7.05 Å². The maximum atomic E-state index is 13.5. The molecule has 0 radical (unpaired) electrons. The van der Waals surface area contributed by atoms with E-state index in [1.54, 1.807) is 16.8 Å². The highest BCUT2D eigenvalue weighted by molar-refractivity contribution is 6.20. The molecule has 1 aliphatic heterocycles. The number of nitrogens with one attached hydrogen (secondary N) is 3. The molecule has 0 spiro atoms. The highest BCUT2D eigenvalue weighted by Crippen LogP contribution is 2.47. The average molecular weight is 591 g/mol. The quantitative estimate of drug-likeness (QED) is 0.202. The summed E-state index contributed by atoms with van der Waals surface area (Å²) in [5, 5.41) is 14.2. The lowest BCUT2D eigenvalue weighted by atomic mass is 9.82. The molecule has 5 aromatic rings. The van der Waals surface area contributed by atoms with E-state index in [9.17, 15) is 27.2 Å². The molecule has 7 rings (SSSR count). The van der Waals surface area contributed by atoms with E-state index in [2.05, 4.69) is 32.5 Å². The third-order valence-corrected chi connectivity index (χ3v) is 8.18. The summed E-state index contributed by atoms with van der Waals surface area (Å²) >= 11 is 0. The van der Waals surface area contributed by atoms with Gasteiger partial charge in [0.05, 0.1) is 28.0 Å². The van der Waals surface area contributed by atoms with Crippen LogP contribution in [0.1, 0.15) is 46.1 Å². The number of urea groups is 1. The first-order valence-corrected chi connectivity index (χ1v) is 13.9. The first-order valence-electron chi connectivity index (χ1n) is 13.9. The zero-order chi connectivity index (χ0) is 30.2. The molecule has 3 aromatic carbocycles. The standard InChI is InChI=1S/C31H26F4N6O2/c1-3-10-41-24-9-5-16(37-30(43)38-23-7-4-15(32)11-21(23)31(33,34)35)12-18(24)26-19-13-36-29(42)27(19)25-17(28(26)41)6-8-22-20(25)14-40(2)39-22/h4-5,7,9,11-12,14H,3,6,8,10,13H2,1-2H3,(H,36,42)(H2,37,38,43). The SMILES string of the molecule is CCCn1c2ccc(NC(=O)Nc3ccc(F)cc3C(F)(F)F)cc2c2c3c(c4c(c21)CCc1nn(C)cc1-4)C(=O)NC3. The Morgan fingerprint density at radius 1 is 1.07 bits per heavy atom. The molecular weight excluding hydrogens is 564 g/mol. The molecule has 8 nitrogen and oxygen atoms in total. The Bertz CT molecular complexity index is 2010. The maximum absolute atomic E-state index is 13.5. The lowest BCUT2D eigenvalue weighted by Crippen LogP contribution is -2.22. The minimum Gasteiger partial charge on any atom is -0.348 e. The molecule has 0 unspecified atom stereocenters. The largest absolute Gasteiger partial charge is 0.418 e. The minimum absolute atomic E-state index is 0.144. The van der Waals surface area contributed by atoms with Gasteiger partial charge in [-0.15, -0.1) is 0 Å². The Morgan fingerprint density at radius 2 is 1.88 bits per heavy atom. The van der Waals surface area contributed by atoms with E-state index in [4.69, 9.17) is 0 Å². The fourth-order valence-electron chi connectivity index (χ4n) is 6.59. The Kier molecular flexibility index (Phi) is 6.01. The maximum Gasteiger partial charge on any atom is 0.418 e. The molecule has 1 aliphatic carbocycles. The van der Waals surface area contributed by atoms with Gasteiger partial charge in [-0.3, -0.25) is 9.48 Å². The number of halogens is 4. The van der Waals surface area contributed by atoms with Crippen LogP contribution in [-0.4, -0.2) is 26.3 Å². The molecule has 3 N–H and O–H groups in total. The van der Waals surface area contributed by atoms with Crippen molar-refractivity contribution in [2.75, 3.05) is 10.6 Å². The number of fused-ring (bicyclic) bond motifs is 10. The van der Waals surface area contributed by atoms with Crippen molar-refractivity contribution in [2.45, 2.75) is 45.5 Å². The van der Waals surface area contributed by atoms with Gasteiger partial charge in [-0.05, 0) is 66.8 Å². The predicted molar refractivity (Wildman–Crippen MR) is 155 cm³/mol. The first-order chi connectivity index (χ1) is 20.5. The second-order valence-corrected chi connectivity index (χ2v) is 10.9. The number of carbonyl (C=O) groups excluding carboxylic acids is 2. The Labute approximate surface area is 242 Å². The summed E-state index contributed by atoms with van der Waals surface area (Å²) in [5.74, 6) is -1.20. The van der Waals surface area contributed by atoms with Crippen LogP contribution in [0.15, 0.2) is 42.6 Å². The number of hydrogen-bond donors (Lipinski definition) is 3. The molecule has 0 fully saturated rings. The smallest absolute Gasteiger partial charge is 0.348 e. The van der Waals surface area contributed by atoms with E-state index in [1.165, 1.54) is 0 Å². The number of amides is 3. The molecule has 3 amide bonds. The van der Waals surface area contributed by atoms with Crippen LogP contribution in [-0.2, 0) is 39.2 Å². The lowest BCUT2D eigenvalue weighted by molar-refractivity contribution is -0.137. The third-order valence-electron chi connectivity index (χ3n) is 8.18. The van der Waals surface area contributed by atoms with Gasteiger partial charge in [0, 0.05) is 59.4 Å². The van der Waals surface area contributed by atoms with Crippen molar-refractivity contribution in [3.05, 3.63) is 76.4 Å². The average Bonchev–Trinajstić information content (AvgIpc) is 3.62. The predicted octanol–water partition coefficient (Wildman–Crippen LogP) is 6.75. The monoisotopic (exact) mass is 590 g/mol. The summed E-state index contributed by atoms with van der Waals surface area (Å²) in [6.07, 6.45) is -0.580. The Balaban J connectivity index is 1.37. The van der Waals surface area contributed by atoms with Crippen LogP contribution in [0.5, 0.6) is 0 Å². The molecule has 0 bridgehead atoms. The van der Waals surface area contributed by atoms with Crippen LogP contribution >= 0.6 is 0 Å². The van der Waals surface area contributed by atoms with Gasteiger partial charge >= 0.3 is 12.2 Å². The zero-order valence-corrected chi connectivity index (χ0v) is 23.2. The molecule has 0 atom stereocenters. The van der Waals surface area contributed by atoms with Crippen LogP contribution in [0.25, 0.3) is 32.9 Å². The summed E-state index contributed by atoms with van der Waals surface area (Å²) < 4.78 is 57.9. The molecule has 2 aliphatic rings. The number of aromatic nitrogens is 3. The highest BCUT2D eigenvalue weighted by atomic mass is 19.4. The normalized spacial score (nSPS) is 14.0. The van der Waals surface area contributed by atoms with E-state index < -0.39 is 29.3 Å². The van der Waals surface area contributed by atoms with Gasteiger partial charge < -0.3 is 20.5 Å². The second-order valence-electron chi connectivity index (χ2n) is 10.9. The van der Waals surface area contributed by atoms with Crippen LogP contribution < -0.4 is 16.0 Å². The van der Waals surface area contributed by atoms with Gasteiger partial charge in [-0.2, -0.15) is 18.3 Å². The summed E-state index contributed by atoms with van der Waals surface area (Å²) in [6, 6.07) is 6.52. The summed E-state index contributed by atoms with van der Waals surface area (Å²) in [7, 11) is 1.87. The lowest BCUT2D eigenvalue weighted by Gasteiger charge is -2.21. The van der Waals surface area contributed by atoms with E-state index in [1.807, 2.05) is 19.3 Å². The van der Waals surface area contributed by atoms with Crippen molar-refractivity contribution >= 4 is 45.1 Å². The van der Waals surface area contributed by atoms with Gasteiger partial charge in [-0.1, -0.05) is 6.92 Å². The van der Waals surface area contributed by atoms with E-state index in [-0.39, 0.29) is 5.91 Å².